The van der Waals surface area contributed by atoms with Gasteiger partial charge in [-0.25, -0.2) is 4.79 Å². The first-order chi connectivity index (χ1) is 9.13. The van der Waals surface area contributed by atoms with Crippen molar-refractivity contribution in [1.82, 2.24) is 4.90 Å². The van der Waals surface area contributed by atoms with Crippen LogP contribution >= 0.6 is 0 Å². The summed E-state index contributed by atoms with van der Waals surface area (Å²) < 4.78 is 10.1. The number of amides is 1. The average molecular weight is 269 g/mol. The normalized spacial score (nSPS) is 26.2. The Morgan fingerprint density at radius 1 is 1.37 bits per heavy atom. The minimum Gasteiger partial charge on any atom is -0.467 e. The molecule has 2 fully saturated rings. The summed E-state index contributed by atoms with van der Waals surface area (Å²) in [4.78, 5) is 26.0. The van der Waals surface area contributed by atoms with Gasteiger partial charge >= 0.3 is 5.97 Å². The van der Waals surface area contributed by atoms with Crippen molar-refractivity contribution in [3.8, 4) is 0 Å². The summed E-state index contributed by atoms with van der Waals surface area (Å²) in [6.45, 7) is 3.40. The Balaban J connectivity index is 2.04. The largest absolute Gasteiger partial charge is 0.467 e. The monoisotopic (exact) mass is 269 g/mol. The van der Waals surface area contributed by atoms with Crippen LogP contribution in [0.2, 0.25) is 0 Å². The predicted molar refractivity (Wildman–Crippen MR) is 69.5 cm³/mol. The van der Waals surface area contributed by atoms with Crippen LogP contribution in [0.4, 0.5) is 0 Å². The van der Waals surface area contributed by atoms with Crippen molar-refractivity contribution in [3.63, 3.8) is 0 Å². The lowest BCUT2D eigenvalue weighted by Gasteiger charge is -2.37. The number of esters is 1. The Morgan fingerprint density at radius 3 is 2.63 bits per heavy atom. The first kappa shape index (κ1) is 14.3. The summed E-state index contributed by atoms with van der Waals surface area (Å²) in [7, 11) is 1.34. The van der Waals surface area contributed by atoms with Crippen LogP contribution in [-0.2, 0) is 19.1 Å². The third-order valence-electron chi connectivity index (χ3n) is 4.51. The molecule has 1 aliphatic carbocycles. The van der Waals surface area contributed by atoms with Crippen molar-refractivity contribution in [2.24, 2.45) is 5.41 Å². The smallest absolute Gasteiger partial charge is 0.336 e. The second-order valence-corrected chi connectivity index (χ2v) is 5.47. The summed E-state index contributed by atoms with van der Waals surface area (Å²) in [5, 5.41) is 0. The highest BCUT2D eigenvalue weighted by atomic mass is 16.6. The summed E-state index contributed by atoms with van der Waals surface area (Å²) >= 11 is 0. The van der Waals surface area contributed by atoms with Crippen LogP contribution in [0.3, 0.4) is 0 Å². The van der Waals surface area contributed by atoms with Crippen LogP contribution in [0.5, 0.6) is 0 Å². The lowest BCUT2D eigenvalue weighted by atomic mass is 9.81. The van der Waals surface area contributed by atoms with Crippen LogP contribution < -0.4 is 0 Å². The maximum Gasteiger partial charge on any atom is 0.336 e. The Morgan fingerprint density at radius 2 is 2.05 bits per heavy atom. The van der Waals surface area contributed by atoms with Gasteiger partial charge < -0.3 is 14.4 Å². The number of methoxy groups -OCH3 is 1. The summed E-state index contributed by atoms with van der Waals surface area (Å²) in [6, 6.07) is 0. The van der Waals surface area contributed by atoms with Gasteiger partial charge in [0.25, 0.3) is 0 Å². The van der Waals surface area contributed by atoms with Gasteiger partial charge in [0.2, 0.25) is 5.91 Å². The van der Waals surface area contributed by atoms with E-state index in [4.69, 9.17) is 9.47 Å². The molecule has 5 nitrogen and oxygen atoms in total. The van der Waals surface area contributed by atoms with Gasteiger partial charge in [-0.15, -0.1) is 0 Å². The van der Waals surface area contributed by atoms with E-state index in [-0.39, 0.29) is 11.3 Å². The molecule has 0 aromatic carbocycles. The van der Waals surface area contributed by atoms with E-state index in [0.29, 0.717) is 19.7 Å². The molecule has 0 spiro atoms. The van der Waals surface area contributed by atoms with Gasteiger partial charge in [-0.1, -0.05) is 19.8 Å². The van der Waals surface area contributed by atoms with E-state index in [1.807, 2.05) is 0 Å². The van der Waals surface area contributed by atoms with Gasteiger partial charge in [0, 0.05) is 12.0 Å². The first-order valence-corrected chi connectivity index (χ1v) is 7.12. The molecule has 0 radical (unpaired) electrons. The van der Waals surface area contributed by atoms with Gasteiger partial charge in [-0.3, -0.25) is 4.79 Å². The van der Waals surface area contributed by atoms with Gasteiger partial charge in [-0.2, -0.15) is 0 Å². The van der Waals surface area contributed by atoms with Gasteiger partial charge in [0.1, 0.15) is 0 Å². The molecule has 5 heteroatoms. The molecule has 1 unspecified atom stereocenters. The second-order valence-electron chi connectivity index (χ2n) is 5.47. The maximum absolute atomic E-state index is 12.7. The lowest BCUT2D eigenvalue weighted by molar-refractivity contribution is -0.165. The van der Waals surface area contributed by atoms with Crippen LogP contribution in [0.15, 0.2) is 0 Å². The highest BCUT2D eigenvalue weighted by Crippen LogP contribution is 2.42. The van der Waals surface area contributed by atoms with Crippen molar-refractivity contribution in [1.29, 1.82) is 0 Å². The Bertz CT molecular complexity index is 349. The Kier molecular flexibility index (Phi) is 4.45. The number of nitrogens with zero attached hydrogens (tertiary/aromatic N) is 1. The van der Waals surface area contributed by atoms with Crippen molar-refractivity contribution in [2.75, 3.05) is 26.8 Å². The van der Waals surface area contributed by atoms with E-state index < -0.39 is 12.1 Å². The molecular formula is C14H23NO4. The highest BCUT2D eigenvalue weighted by Gasteiger charge is 2.43. The molecule has 1 saturated heterocycles. The SMILES string of the molecule is CCC1(C(=O)N2CCOC(C(=O)OC)C2)CCCC1. The number of rotatable bonds is 3. The van der Waals surface area contributed by atoms with Crippen LogP contribution in [-0.4, -0.2) is 49.7 Å². The molecule has 1 amide bonds. The third-order valence-corrected chi connectivity index (χ3v) is 4.51. The molecule has 0 N–H and O–H groups in total. The minimum absolute atomic E-state index is 0.196. The number of hydrogen-bond donors (Lipinski definition) is 0. The fraction of sp³-hybridized carbons (Fsp3) is 0.857. The van der Waals surface area contributed by atoms with Crippen molar-refractivity contribution in [2.45, 2.75) is 45.1 Å². The zero-order valence-corrected chi connectivity index (χ0v) is 11.8. The molecule has 2 rings (SSSR count). The summed E-state index contributed by atoms with van der Waals surface area (Å²) in [6.07, 6.45) is 4.46. The summed E-state index contributed by atoms with van der Waals surface area (Å²) in [5.41, 5.74) is -0.196. The van der Waals surface area contributed by atoms with Crippen LogP contribution in [0.1, 0.15) is 39.0 Å². The van der Waals surface area contributed by atoms with Gasteiger partial charge in [-0.05, 0) is 19.3 Å². The molecule has 1 heterocycles. The fourth-order valence-corrected chi connectivity index (χ4v) is 3.21. The average Bonchev–Trinajstić information content (AvgIpc) is 2.96. The molecule has 0 aromatic rings. The molecule has 1 saturated carbocycles. The number of hydrogen-bond acceptors (Lipinski definition) is 4. The van der Waals surface area contributed by atoms with Gasteiger partial charge in [0.05, 0.1) is 20.3 Å². The van der Waals surface area contributed by atoms with E-state index in [2.05, 4.69) is 6.92 Å². The number of carbonyl (C=O) groups excluding carboxylic acids is 2. The molecule has 108 valence electrons. The van der Waals surface area contributed by atoms with Crippen molar-refractivity contribution >= 4 is 11.9 Å². The maximum atomic E-state index is 12.7. The standard InChI is InChI=1S/C14H23NO4/c1-3-14(6-4-5-7-14)13(17)15-8-9-19-11(10-15)12(16)18-2/h11H,3-10H2,1-2H3. The molecule has 0 aromatic heterocycles. The lowest BCUT2D eigenvalue weighted by Crippen LogP contribution is -2.52. The Labute approximate surface area is 114 Å². The number of ether oxygens (including phenoxy) is 2. The molecule has 1 aliphatic heterocycles. The minimum atomic E-state index is -0.627. The molecule has 0 bridgehead atoms. The van der Waals surface area contributed by atoms with E-state index in [0.717, 1.165) is 32.1 Å². The predicted octanol–water partition coefficient (Wildman–Crippen LogP) is 1.36. The van der Waals surface area contributed by atoms with E-state index in [9.17, 15) is 9.59 Å². The second kappa shape index (κ2) is 5.90. The van der Waals surface area contributed by atoms with Gasteiger partial charge in [0.15, 0.2) is 6.10 Å². The van der Waals surface area contributed by atoms with Crippen LogP contribution in [0.25, 0.3) is 0 Å². The topological polar surface area (TPSA) is 55.8 Å². The van der Waals surface area contributed by atoms with E-state index >= 15 is 0 Å². The van der Waals surface area contributed by atoms with Crippen molar-refractivity contribution in [3.05, 3.63) is 0 Å². The molecule has 1 atom stereocenters. The van der Waals surface area contributed by atoms with Crippen LogP contribution in [0, 0.1) is 5.41 Å². The van der Waals surface area contributed by atoms with E-state index in [1.165, 1.54) is 7.11 Å². The number of morpholine rings is 1. The zero-order valence-electron chi connectivity index (χ0n) is 11.8. The molecular weight excluding hydrogens is 246 g/mol. The Hall–Kier alpha value is -1.10. The van der Waals surface area contributed by atoms with E-state index in [1.54, 1.807) is 4.90 Å². The number of carbonyl (C=O) groups is 2. The zero-order chi connectivity index (χ0) is 13.9. The fourth-order valence-electron chi connectivity index (χ4n) is 3.21. The quantitative estimate of drug-likeness (QED) is 0.726. The molecule has 19 heavy (non-hydrogen) atoms. The van der Waals surface area contributed by atoms with Crippen molar-refractivity contribution < 1.29 is 19.1 Å². The highest BCUT2D eigenvalue weighted by molar-refractivity contribution is 5.84. The first-order valence-electron chi connectivity index (χ1n) is 7.12. The summed E-state index contributed by atoms with van der Waals surface area (Å²) in [5.74, 6) is -0.195. The third kappa shape index (κ3) is 2.76. The molecule has 2 aliphatic rings.